The summed E-state index contributed by atoms with van der Waals surface area (Å²) in [5, 5.41) is 0. The molecular formula is C25H56O4P2. The van der Waals surface area contributed by atoms with Crippen LogP contribution in [0, 0.1) is 0 Å². The van der Waals surface area contributed by atoms with E-state index in [1.807, 2.05) is 13.8 Å². The Bertz CT molecular complexity index is 369. The van der Waals surface area contributed by atoms with Gasteiger partial charge in [0.1, 0.15) is 0 Å². The van der Waals surface area contributed by atoms with Crippen LogP contribution in [0.5, 0.6) is 0 Å². The predicted octanol–water partition coefficient (Wildman–Crippen LogP) is 8.68. The molecular weight excluding hydrogens is 426 g/mol. The summed E-state index contributed by atoms with van der Waals surface area (Å²) >= 11 is 0. The molecule has 0 aliphatic carbocycles. The maximum Gasteiger partial charge on any atom is 0.267 e. The molecule has 4 nitrogen and oxygen atoms in total. The van der Waals surface area contributed by atoms with Crippen molar-refractivity contribution in [2.75, 3.05) is 37.9 Å². The van der Waals surface area contributed by atoms with Gasteiger partial charge < -0.3 is 13.9 Å². The Balaban J connectivity index is 0. The standard InChI is InChI=1S/C17H38P.C8H19O4P/c1-5-9-13-17-18(14-10-6-2,15-11-7-3)16-12-8-4;1-3-5-7-11-13(9,10)12-8-6-4-2/h5-17H2,1-4H3;3-8H2,1-2H3,(H,9,10)/q+1;/p-1. The summed E-state index contributed by atoms with van der Waals surface area (Å²) < 4.78 is 20.2. The molecule has 0 aromatic rings. The van der Waals surface area contributed by atoms with Crippen LogP contribution in [0.25, 0.3) is 0 Å². The lowest BCUT2D eigenvalue weighted by Crippen LogP contribution is -2.12. The third-order valence-corrected chi connectivity index (χ3v) is 11.7. The lowest BCUT2D eigenvalue weighted by atomic mass is 10.3. The van der Waals surface area contributed by atoms with Crippen LogP contribution in [0.1, 0.15) is 125 Å². The Morgan fingerprint density at radius 3 is 1.19 bits per heavy atom. The highest BCUT2D eigenvalue weighted by Crippen LogP contribution is 2.61. The van der Waals surface area contributed by atoms with Gasteiger partial charge in [0.15, 0.2) is 0 Å². The van der Waals surface area contributed by atoms with E-state index in [0.29, 0.717) is 0 Å². The Morgan fingerprint density at radius 2 is 0.871 bits per heavy atom. The molecule has 0 rings (SSSR count). The molecule has 0 N–H and O–H groups in total. The molecule has 0 amide bonds. The molecule has 0 fully saturated rings. The lowest BCUT2D eigenvalue weighted by Gasteiger charge is -2.28. The second kappa shape index (κ2) is 23.7. The summed E-state index contributed by atoms with van der Waals surface area (Å²) in [6.07, 6.45) is 22.8. The first-order valence-corrected chi connectivity index (χ1v) is 17.3. The van der Waals surface area contributed by atoms with Gasteiger partial charge in [-0.15, -0.1) is 0 Å². The van der Waals surface area contributed by atoms with Crippen molar-refractivity contribution in [2.24, 2.45) is 0 Å². The van der Waals surface area contributed by atoms with E-state index in [0.717, 1.165) is 25.7 Å². The van der Waals surface area contributed by atoms with Gasteiger partial charge in [-0.3, -0.25) is 4.57 Å². The highest BCUT2D eigenvalue weighted by molar-refractivity contribution is 7.75. The minimum atomic E-state index is -4.00. The topological polar surface area (TPSA) is 58.6 Å². The van der Waals surface area contributed by atoms with Crippen molar-refractivity contribution in [1.29, 1.82) is 0 Å². The summed E-state index contributed by atoms with van der Waals surface area (Å²) in [5.41, 5.74) is 0. The first-order chi connectivity index (χ1) is 14.9. The Morgan fingerprint density at radius 1 is 0.548 bits per heavy atom. The number of hydrogen-bond acceptors (Lipinski definition) is 4. The summed E-state index contributed by atoms with van der Waals surface area (Å²) in [6.45, 7) is 13.8. The van der Waals surface area contributed by atoms with Crippen molar-refractivity contribution in [3.05, 3.63) is 0 Å². The van der Waals surface area contributed by atoms with Crippen LogP contribution in [0.2, 0.25) is 0 Å². The number of unbranched alkanes of at least 4 members (excludes halogenated alkanes) is 7. The fourth-order valence-electron chi connectivity index (χ4n) is 3.53. The van der Waals surface area contributed by atoms with E-state index < -0.39 is 15.1 Å². The average Bonchev–Trinajstić information content (AvgIpc) is 2.75. The quantitative estimate of drug-likeness (QED) is 0.121. The second-order valence-corrected chi connectivity index (χ2v) is 14.7. The molecule has 6 heteroatoms. The molecule has 0 heterocycles. The van der Waals surface area contributed by atoms with Gasteiger partial charge in [-0.1, -0.05) is 86.5 Å². The van der Waals surface area contributed by atoms with Crippen LogP contribution in [-0.2, 0) is 13.6 Å². The van der Waals surface area contributed by atoms with Gasteiger partial charge in [0.05, 0.1) is 37.9 Å². The SMILES string of the molecule is CCCCC[P+](CCCC)(CCCC)CCCC.CCCCOP(=O)([O-])OCCCC. The van der Waals surface area contributed by atoms with Gasteiger partial charge in [-0.05, 0) is 38.5 Å². The third kappa shape index (κ3) is 22.1. The van der Waals surface area contributed by atoms with Crippen LogP contribution < -0.4 is 4.89 Å². The fraction of sp³-hybridized carbons (Fsp3) is 1.00. The molecule has 0 bridgehead atoms. The summed E-state index contributed by atoms with van der Waals surface area (Å²) in [6, 6.07) is 0. The van der Waals surface area contributed by atoms with Crippen LogP contribution >= 0.6 is 15.1 Å². The Hall–Kier alpha value is 0.540. The molecule has 0 saturated heterocycles. The van der Waals surface area contributed by atoms with Crippen LogP contribution in [0.15, 0.2) is 0 Å². The van der Waals surface area contributed by atoms with Crippen molar-refractivity contribution in [3.8, 4) is 0 Å². The smallest absolute Gasteiger partial charge is 0.267 e. The van der Waals surface area contributed by atoms with Crippen LogP contribution in [0.4, 0.5) is 0 Å². The van der Waals surface area contributed by atoms with Crippen molar-refractivity contribution in [3.63, 3.8) is 0 Å². The summed E-state index contributed by atoms with van der Waals surface area (Å²) in [5.74, 6) is 0. The van der Waals surface area contributed by atoms with E-state index in [4.69, 9.17) is 0 Å². The molecule has 0 atom stereocenters. The minimum Gasteiger partial charge on any atom is -0.756 e. The predicted molar refractivity (Wildman–Crippen MR) is 140 cm³/mol. The second-order valence-electron chi connectivity index (χ2n) is 8.82. The monoisotopic (exact) mass is 482 g/mol. The van der Waals surface area contributed by atoms with Crippen molar-refractivity contribution < 1.29 is 18.5 Å². The van der Waals surface area contributed by atoms with Crippen molar-refractivity contribution in [2.45, 2.75) is 125 Å². The molecule has 0 aliphatic heterocycles. The molecule has 0 aliphatic rings. The van der Waals surface area contributed by atoms with E-state index in [9.17, 15) is 9.46 Å². The number of phosphoric acid groups is 1. The average molecular weight is 483 g/mol. The molecule has 31 heavy (non-hydrogen) atoms. The number of rotatable bonds is 21. The highest BCUT2D eigenvalue weighted by atomic mass is 31.2. The van der Waals surface area contributed by atoms with Gasteiger partial charge >= 0.3 is 0 Å². The molecule has 0 aromatic heterocycles. The summed E-state index contributed by atoms with van der Waals surface area (Å²) in [7, 11) is -4.58. The Kier molecular flexibility index (Phi) is 25.8. The van der Waals surface area contributed by atoms with E-state index in [-0.39, 0.29) is 13.2 Å². The van der Waals surface area contributed by atoms with Crippen molar-refractivity contribution in [1.82, 2.24) is 0 Å². The van der Waals surface area contributed by atoms with E-state index >= 15 is 0 Å². The molecule has 0 unspecified atom stereocenters. The maximum atomic E-state index is 11.0. The highest BCUT2D eigenvalue weighted by Gasteiger charge is 2.34. The zero-order valence-electron chi connectivity index (χ0n) is 22.0. The Labute approximate surface area is 196 Å². The zero-order valence-corrected chi connectivity index (χ0v) is 23.8. The van der Waals surface area contributed by atoms with E-state index in [2.05, 4.69) is 36.7 Å². The van der Waals surface area contributed by atoms with Crippen molar-refractivity contribution >= 4 is 15.1 Å². The lowest BCUT2D eigenvalue weighted by molar-refractivity contribution is -0.225. The molecule has 0 saturated carbocycles. The normalized spacial score (nSPS) is 12.0. The van der Waals surface area contributed by atoms with Gasteiger partial charge in [0.2, 0.25) is 0 Å². The fourth-order valence-corrected chi connectivity index (χ4v) is 9.50. The van der Waals surface area contributed by atoms with E-state index in [1.54, 1.807) is 24.6 Å². The summed E-state index contributed by atoms with van der Waals surface area (Å²) in [4.78, 5) is 11.0. The number of hydrogen-bond donors (Lipinski definition) is 0. The molecule has 0 radical (unpaired) electrons. The van der Waals surface area contributed by atoms with Gasteiger partial charge in [-0.25, -0.2) is 0 Å². The third-order valence-electron chi connectivity index (χ3n) is 5.69. The minimum absolute atomic E-state index is 0.226. The maximum absolute atomic E-state index is 11.0. The zero-order chi connectivity index (χ0) is 23.8. The first kappa shape index (κ1) is 33.7. The van der Waals surface area contributed by atoms with Gasteiger partial charge in [0.25, 0.3) is 7.82 Å². The first-order valence-electron chi connectivity index (χ1n) is 13.3. The van der Waals surface area contributed by atoms with Gasteiger partial charge in [-0.2, -0.15) is 0 Å². The largest absolute Gasteiger partial charge is 0.756 e. The molecule has 0 spiro atoms. The van der Waals surface area contributed by atoms with Crippen LogP contribution in [-0.4, -0.2) is 37.9 Å². The van der Waals surface area contributed by atoms with E-state index in [1.165, 1.54) is 57.8 Å². The molecule has 190 valence electrons. The number of phosphoric ester groups is 1. The van der Waals surface area contributed by atoms with Gasteiger partial charge in [0, 0.05) is 7.26 Å². The van der Waals surface area contributed by atoms with Crippen LogP contribution in [0.3, 0.4) is 0 Å². The molecule has 0 aromatic carbocycles.